The zero-order valence-corrected chi connectivity index (χ0v) is 15.1. The lowest BCUT2D eigenvalue weighted by Crippen LogP contribution is -2.31. The second kappa shape index (κ2) is 7.20. The summed E-state index contributed by atoms with van der Waals surface area (Å²) < 4.78 is 0. The highest BCUT2D eigenvalue weighted by Crippen LogP contribution is 2.34. The van der Waals surface area contributed by atoms with Crippen LogP contribution in [0, 0.1) is 6.92 Å². The number of benzene rings is 3. The van der Waals surface area contributed by atoms with Crippen LogP contribution < -0.4 is 10.6 Å². The molecule has 0 spiro atoms. The van der Waals surface area contributed by atoms with E-state index in [1.807, 2.05) is 12.1 Å². The van der Waals surface area contributed by atoms with Gasteiger partial charge in [0.15, 0.2) is 0 Å². The van der Waals surface area contributed by atoms with Crippen LogP contribution in [0.2, 0.25) is 0 Å². The van der Waals surface area contributed by atoms with Crippen LogP contribution in [0.4, 0.5) is 5.69 Å². The van der Waals surface area contributed by atoms with Crippen molar-refractivity contribution in [3.05, 3.63) is 76.9 Å². The molecule has 3 heteroatoms. The Balaban J connectivity index is 1.35. The molecule has 0 saturated heterocycles. The summed E-state index contributed by atoms with van der Waals surface area (Å²) >= 11 is 0. The smallest absolute Gasteiger partial charge is 0.239 e. The van der Waals surface area contributed by atoms with Gasteiger partial charge in [-0.2, -0.15) is 0 Å². The summed E-state index contributed by atoms with van der Waals surface area (Å²) in [6, 6.07) is 19.1. The first-order valence-electron chi connectivity index (χ1n) is 9.31. The van der Waals surface area contributed by atoms with E-state index in [-0.39, 0.29) is 5.91 Å². The van der Waals surface area contributed by atoms with Gasteiger partial charge in [0, 0.05) is 17.6 Å². The molecule has 0 atom stereocenters. The van der Waals surface area contributed by atoms with Gasteiger partial charge < -0.3 is 10.6 Å². The average Bonchev–Trinajstić information content (AvgIpc) is 3.08. The van der Waals surface area contributed by atoms with Crippen molar-refractivity contribution in [1.82, 2.24) is 5.32 Å². The number of hydrogen-bond acceptors (Lipinski definition) is 2. The van der Waals surface area contributed by atoms with Crippen LogP contribution in [0.1, 0.15) is 22.3 Å². The Morgan fingerprint density at radius 2 is 1.77 bits per heavy atom. The Labute approximate surface area is 154 Å². The van der Waals surface area contributed by atoms with Crippen molar-refractivity contribution in [2.45, 2.75) is 26.2 Å². The summed E-state index contributed by atoms with van der Waals surface area (Å²) in [5, 5.41) is 8.93. The number of carbonyl (C=O) groups excluding carboxylic acids is 1. The first kappa shape index (κ1) is 16.6. The van der Waals surface area contributed by atoms with Crippen LogP contribution in [0.3, 0.4) is 0 Å². The molecule has 2 N–H and O–H groups in total. The summed E-state index contributed by atoms with van der Waals surface area (Å²) in [5.41, 5.74) is 6.44. The number of aryl methyl sites for hydroxylation is 3. The molecule has 3 nitrogen and oxygen atoms in total. The minimum absolute atomic E-state index is 0.0295. The third kappa shape index (κ3) is 3.30. The molecule has 0 unspecified atom stereocenters. The fraction of sp³-hybridized carbons (Fsp3) is 0.261. The molecule has 0 heterocycles. The van der Waals surface area contributed by atoms with Gasteiger partial charge in [0.2, 0.25) is 5.91 Å². The predicted octanol–water partition coefficient (Wildman–Crippen LogP) is 4.02. The summed E-state index contributed by atoms with van der Waals surface area (Å²) in [6.45, 7) is 3.07. The molecular formula is C23H24N2O. The summed E-state index contributed by atoms with van der Waals surface area (Å²) in [7, 11) is 0. The Bertz CT molecular complexity index is 951. The maximum Gasteiger partial charge on any atom is 0.239 e. The van der Waals surface area contributed by atoms with Gasteiger partial charge in [-0.25, -0.2) is 0 Å². The Morgan fingerprint density at radius 1 is 0.962 bits per heavy atom. The largest absolute Gasteiger partial charge is 0.376 e. The number of amides is 1. The van der Waals surface area contributed by atoms with Crippen molar-refractivity contribution in [2.24, 2.45) is 0 Å². The lowest BCUT2D eigenvalue weighted by atomic mass is 10.0. The molecule has 0 radical (unpaired) electrons. The topological polar surface area (TPSA) is 41.1 Å². The normalized spacial score (nSPS) is 12.3. The van der Waals surface area contributed by atoms with Gasteiger partial charge in [-0.1, -0.05) is 48.5 Å². The lowest BCUT2D eigenvalue weighted by Gasteiger charge is -2.12. The molecule has 1 aliphatic rings. The molecule has 3 aromatic carbocycles. The van der Waals surface area contributed by atoms with E-state index in [0.29, 0.717) is 13.1 Å². The van der Waals surface area contributed by atoms with E-state index >= 15 is 0 Å². The van der Waals surface area contributed by atoms with E-state index in [2.05, 4.69) is 60.0 Å². The third-order valence-corrected chi connectivity index (χ3v) is 5.29. The Hall–Kier alpha value is -2.81. The standard InChI is InChI=1S/C23H24N2O/c1-16-5-2-3-6-17(16)13-14-24-22(26)15-25-21-12-11-19-10-9-18-7-4-8-20(21)23(18)19/h2-8,11-12,25H,9-10,13-15H2,1H3,(H,24,26). The quantitative estimate of drug-likeness (QED) is 0.709. The Morgan fingerprint density at radius 3 is 2.62 bits per heavy atom. The number of hydrogen-bond donors (Lipinski definition) is 2. The monoisotopic (exact) mass is 344 g/mol. The van der Waals surface area contributed by atoms with Crippen molar-refractivity contribution in [3.63, 3.8) is 0 Å². The first-order chi connectivity index (χ1) is 12.7. The van der Waals surface area contributed by atoms with Crippen LogP contribution in [0.25, 0.3) is 10.8 Å². The number of carbonyl (C=O) groups is 1. The van der Waals surface area contributed by atoms with Gasteiger partial charge in [0.25, 0.3) is 0 Å². The van der Waals surface area contributed by atoms with Crippen molar-refractivity contribution in [3.8, 4) is 0 Å². The molecule has 0 aliphatic heterocycles. The van der Waals surface area contributed by atoms with Crippen molar-refractivity contribution < 1.29 is 4.79 Å². The van der Waals surface area contributed by atoms with Crippen LogP contribution in [0.15, 0.2) is 54.6 Å². The lowest BCUT2D eigenvalue weighted by molar-refractivity contribution is -0.119. The summed E-state index contributed by atoms with van der Waals surface area (Å²) in [4.78, 5) is 12.2. The number of anilines is 1. The molecule has 132 valence electrons. The number of nitrogens with one attached hydrogen (secondary N) is 2. The van der Waals surface area contributed by atoms with Crippen LogP contribution >= 0.6 is 0 Å². The summed E-state index contributed by atoms with van der Waals surface area (Å²) in [5.74, 6) is 0.0295. The minimum Gasteiger partial charge on any atom is -0.376 e. The maximum atomic E-state index is 12.2. The average molecular weight is 344 g/mol. The van der Waals surface area contributed by atoms with E-state index < -0.39 is 0 Å². The third-order valence-electron chi connectivity index (χ3n) is 5.29. The molecule has 0 bridgehead atoms. The van der Waals surface area contributed by atoms with Gasteiger partial charge in [0.05, 0.1) is 6.54 Å². The van der Waals surface area contributed by atoms with Gasteiger partial charge in [-0.3, -0.25) is 4.79 Å². The van der Waals surface area contributed by atoms with E-state index in [1.54, 1.807) is 0 Å². The van der Waals surface area contributed by atoms with Gasteiger partial charge in [0.1, 0.15) is 0 Å². The van der Waals surface area contributed by atoms with Crippen LogP contribution in [-0.4, -0.2) is 19.0 Å². The van der Waals surface area contributed by atoms with Crippen molar-refractivity contribution in [2.75, 3.05) is 18.4 Å². The maximum absolute atomic E-state index is 12.2. The molecule has 1 amide bonds. The van der Waals surface area contributed by atoms with Crippen molar-refractivity contribution in [1.29, 1.82) is 0 Å². The van der Waals surface area contributed by atoms with E-state index in [4.69, 9.17) is 0 Å². The molecule has 26 heavy (non-hydrogen) atoms. The second-order valence-electron chi connectivity index (χ2n) is 6.99. The highest BCUT2D eigenvalue weighted by Gasteiger charge is 2.15. The van der Waals surface area contributed by atoms with E-state index in [0.717, 1.165) is 24.9 Å². The molecule has 0 fully saturated rings. The fourth-order valence-corrected chi connectivity index (χ4v) is 3.87. The fourth-order valence-electron chi connectivity index (χ4n) is 3.87. The highest BCUT2D eigenvalue weighted by atomic mass is 16.1. The van der Waals surface area contributed by atoms with Crippen LogP contribution in [0.5, 0.6) is 0 Å². The van der Waals surface area contributed by atoms with E-state index in [9.17, 15) is 4.79 Å². The molecule has 0 saturated carbocycles. The second-order valence-corrected chi connectivity index (χ2v) is 6.99. The summed E-state index contributed by atoms with van der Waals surface area (Å²) in [6.07, 6.45) is 3.10. The zero-order valence-electron chi connectivity index (χ0n) is 15.1. The molecular weight excluding hydrogens is 320 g/mol. The molecule has 3 aromatic rings. The first-order valence-corrected chi connectivity index (χ1v) is 9.31. The molecule has 4 rings (SSSR count). The predicted molar refractivity (Wildman–Crippen MR) is 108 cm³/mol. The number of rotatable bonds is 6. The van der Waals surface area contributed by atoms with Gasteiger partial charge in [-0.15, -0.1) is 0 Å². The zero-order chi connectivity index (χ0) is 17.9. The SMILES string of the molecule is Cc1ccccc1CCNC(=O)CNc1ccc2c3c(cccc13)CC2. The highest BCUT2D eigenvalue weighted by molar-refractivity contribution is 6.00. The Kier molecular flexibility index (Phi) is 4.61. The van der Waals surface area contributed by atoms with Gasteiger partial charge in [-0.05, 0) is 59.9 Å². The van der Waals surface area contributed by atoms with Crippen molar-refractivity contribution >= 4 is 22.4 Å². The van der Waals surface area contributed by atoms with Gasteiger partial charge >= 0.3 is 0 Å². The molecule has 1 aliphatic carbocycles. The molecule has 0 aromatic heterocycles. The minimum atomic E-state index is 0.0295. The van der Waals surface area contributed by atoms with E-state index in [1.165, 1.54) is 33.0 Å². The van der Waals surface area contributed by atoms with Crippen LogP contribution in [-0.2, 0) is 24.1 Å².